The van der Waals surface area contributed by atoms with Gasteiger partial charge in [-0.2, -0.15) is 0 Å². The Morgan fingerprint density at radius 1 is 1.33 bits per heavy atom. The van der Waals surface area contributed by atoms with Crippen LogP contribution in [0, 0.1) is 0 Å². The van der Waals surface area contributed by atoms with E-state index >= 15 is 0 Å². The van der Waals surface area contributed by atoms with Crippen molar-refractivity contribution in [1.82, 2.24) is 10.3 Å². The number of aromatic nitrogens is 1. The summed E-state index contributed by atoms with van der Waals surface area (Å²) < 4.78 is 0. The summed E-state index contributed by atoms with van der Waals surface area (Å²) in [7, 11) is 0. The number of nitrogens with one attached hydrogen (secondary N) is 2. The maximum Gasteiger partial charge on any atom is 0.268 e. The number of benzene rings is 1. The number of carbonyl (C=O) groups is 1. The maximum absolute atomic E-state index is 11.7. The molecule has 76 valence electrons. The molecule has 1 amide bonds. The molecule has 0 bridgehead atoms. The summed E-state index contributed by atoms with van der Waals surface area (Å²) in [6.45, 7) is 2.03. The van der Waals surface area contributed by atoms with E-state index in [0.717, 1.165) is 23.2 Å². The molecule has 1 aromatic carbocycles. The van der Waals surface area contributed by atoms with E-state index in [1.165, 1.54) is 5.39 Å². The van der Waals surface area contributed by atoms with Crippen LogP contribution in [0.1, 0.15) is 23.0 Å². The van der Waals surface area contributed by atoms with Crippen LogP contribution in [0.25, 0.3) is 10.9 Å². The molecular formula is C12H12N2O. The number of hydrogen-bond acceptors (Lipinski definition) is 1. The van der Waals surface area contributed by atoms with Crippen molar-refractivity contribution in [3.05, 3.63) is 35.5 Å². The van der Waals surface area contributed by atoms with Crippen molar-refractivity contribution in [1.29, 1.82) is 0 Å². The zero-order valence-corrected chi connectivity index (χ0v) is 8.50. The zero-order valence-electron chi connectivity index (χ0n) is 8.50. The first kappa shape index (κ1) is 8.53. The van der Waals surface area contributed by atoms with Crippen LogP contribution in [-0.2, 0) is 6.42 Å². The summed E-state index contributed by atoms with van der Waals surface area (Å²) >= 11 is 0. The predicted molar refractivity (Wildman–Crippen MR) is 58.9 cm³/mol. The highest BCUT2D eigenvalue weighted by molar-refractivity contribution is 6.02. The number of hydrogen-bond donors (Lipinski definition) is 2. The summed E-state index contributed by atoms with van der Waals surface area (Å²) in [5.41, 5.74) is 2.93. The highest BCUT2D eigenvalue weighted by Crippen LogP contribution is 2.26. The Morgan fingerprint density at radius 2 is 2.13 bits per heavy atom. The Bertz CT molecular complexity index is 542. The Hall–Kier alpha value is -1.77. The number of rotatable bonds is 0. The third-order valence-electron chi connectivity index (χ3n) is 2.93. The van der Waals surface area contributed by atoms with E-state index in [9.17, 15) is 4.79 Å². The van der Waals surface area contributed by atoms with Crippen molar-refractivity contribution in [3.63, 3.8) is 0 Å². The molecule has 0 unspecified atom stereocenters. The van der Waals surface area contributed by atoms with E-state index in [1.807, 2.05) is 25.1 Å². The largest absolute Gasteiger partial charge is 0.350 e. The maximum atomic E-state index is 11.7. The molecule has 3 heteroatoms. The molecule has 0 radical (unpaired) electrons. The molecule has 0 fully saturated rings. The predicted octanol–water partition coefficient (Wildman–Crippen LogP) is 1.84. The lowest BCUT2D eigenvalue weighted by Crippen LogP contribution is -2.39. The van der Waals surface area contributed by atoms with Gasteiger partial charge in [-0.3, -0.25) is 4.79 Å². The molecule has 15 heavy (non-hydrogen) atoms. The summed E-state index contributed by atoms with van der Waals surface area (Å²) in [4.78, 5) is 14.9. The first-order valence-electron chi connectivity index (χ1n) is 5.16. The van der Waals surface area contributed by atoms with E-state index in [1.54, 1.807) is 0 Å². The lowest BCUT2D eigenvalue weighted by atomic mass is 9.99. The van der Waals surface area contributed by atoms with Crippen LogP contribution in [0.3, 0.4) is 0 Å². The van der Waals surface area contributed by atoms with Crippen LogP contribution >= 0.6 is 0 Å². The number of amides is 1. The number of fused-ring (bicyclic) bond motifs is 3. The van der Waals surface area contributed by atoms with Gasteiger partial charge >= 0.3 is 0 Å². The summed E-state index contributed by atoms with van der Waals surface area (Å²) in [6.07, 6.45) is 0.908. The number of aromatic amines is 1. The van der Waals surface area contributed by atoms with Crippen LogP contribution in [0.5, 0.6) is 0 Å². The molecular weight excluding hydrogens is 188 g/mol. The topological polar surface area (TPSA) is 44.9 Å². The summed E-state index contributed by atoms with van der Waals surface area (Å²) in [6, 6.07) is 8.28. The molecule has 1 aromatic heterocycles. The molecule has 1 aliphatic rings. The molecule has 2 N–H and O–H groups in total. The van der Waals surface area contributed by atoms with Gasteiger partial charge in [-0.1, -0.05) is 18.2 Å². The molecule has 3 nitrogen and oxygen atoms in total. The minimum Gasteiger partial charge on any atom is -0.350 e. The van der Waals surface area contributed by atoms with Crippen LogP contribution in [0.2, 0.25) is 0 Å². The van der Waals surface area contributed by atoms with Crippen molar-refractivity contribution >= 4 is 16.8 Å². The molecule has 3 rings (SSSR count). The fourth-order valence-corrected chi connectivity index (χ4v) is 2.26. The molecule has 1 aliphatic heterocycles. The van der Waals surface area contributed by atoms with Crippen LogP contribution in [-0.4, -0.2) is 16.9 Å². The van der Waals surface area contributed by atoms with E-state index in [-0.39, 0.29) is 11.9 Å². The Balaban J connectivity index is 2.32. The second kappa shape index (κ2) is 2.86. The minimum atomic E-state index is 0.0138. The smallest absolute Gasteiger partial charge is 0.268 e. The first-order chi connectivity index (χ1) is 7.25. The van der Waals surface area contributed by atoms with Crippen LogP contribution < -0.4 is 5.32 Å². The fourth-order valence-electron chi connectivity index (χ4n) is 2.26. The van der Waals surface area contributed by atoms with Crippen molar-refractivity contribution in [2.75, 3.05) is 0 Å². The van der Waals surface area contributed by atoms with E-state index in [4.69, 9.17) is 0 Å². The third-order valence-corrected chi connectivity index (χ3v) is 2.93. The Morgan fingerprint density at radius 3 is 3.00 bits per heavy atom. The van der Waals surface area contributed by atoms with E-state index in [0.29, 0.717) is 0 Å². The van der Waals surface area contributed by atoms with E-state index < -0.39 is 0 Å². The number of para-hydroxylation sites is 1. The van der Waals surface area contributed by atoms with Gasteiger partial charge in [0.2, 0.25) is 0 Å². The van der Waals surface area contributed by atoms with Gasteiger partial charge in [-0.15, -0.1) is 0 Å². The quantitative estimate of drug-likeness (QED) is 0.669. The van der Waals surface area contributed by atoms with Gasteiger partial charge in [-0.25, -0.2) is 0 Å². The number of H-pyrrole nitrogens is 1. The Labute approximate surface area is 87.5 Å². The van der Waals surface area contributed by atoms with Crippen LogP contribution in [0.15, 0.2) is 24.3 Å². The van der Waals surface area contributed by atoms with Gasteiger partial charge in [0.25, 0.3) is 5.91 Å². The molecule has 1 atom stereocenters. The average Bonchev–Trinajstić information content (AvgIpc) is 2.57. The molecule has 2 heterocycles. The highest BCUT2D eigenvalue weighted by Gasteiger charge is 2.24. The minimum absolute atomic E-state index is 0.0138. The van der Waals surface area contributed by atoms with Gasteiger partial charge in [0.05, 0.1) is 0 Å². The van der Waals surface area contributed by atoms with Gasteiger partial charge in [-0.05, 0) is 25.0 Å². The van der Waals surface area contributed by atoms with Crippen molar-refractivity contribution in [2.45, 2.75) is 19.4 Å². The zero-order chi connectivity index (χ0) is 10.4. The molecule has 0 saturated heterocycles. The Kier molecular flexibility index (Phi) is 1.63. The van der Waals surface area contributed by atoms with Crippen molar-refractivity contribution in [3.8, 4) is 0 Å². The third kappa shape index (κ3) is 1.16. The molecule has 0 saturated carbocycles. The van der Waals surface area contributed by atoms with E-state index in [2.05, 4.69) is 16.4 Å². The molecule has 0 aliphatic carbocycles. The van der Waals surface area contributed by atoms with Gasteiger partial charge in [0, 0.05) is 16.9 Å². The molecule has 0 spiro atoms. The van der Waals surface area contributed by atoms with Gasteiger partial charge in [0.15, 0.2) is 0 Å². The lowest BCUT2D eigenvalue weighted by Gasteiger charge is -2.19. The second-order valence-corrected chi connectivity index (χ2v) is 4.10. The first-order valence-corrected chi connectivity index (χ1v) is 5.16. The second-order valence-electron chi connectivity index (χ2n) is 4.10. The SMILES string of the molecule is C[C@@H]1Cc2c([nH]c3ccccc23)C(=O)N1. The monoisotopic (exact) mass is 200 g/mol. The lowest BCUT2D eigenvalue weighted by molar-refractivity contribution is 0.0925. The standard InChI is InChI=1S/C12H12N2O/c1-7-6-9-8-4-2-3-5-10(8)14-11(9)12(15)13-7/h2-5,7,14H,6H2,1H3,(H,13,15)/t7-/m1/s1. The van der Waals surface area contributed by atoms with Gasteiger partial charge < -0.3 is 10.3 Å². The average molecular weight is 200 g/mol. The van der Waals surface area contributed by atoms with Crippen molar-refractivity contribution < 1.29 is 4.79 Å². The normalized spacial score (nSPS) is 20.1. The van der Waals surface area contributed by atoms with Crippen molar-refractivity contribution in [2.24, 2.45) is 0 Å². The fraction of sp³-hybridized carbons (Fsp3) is 0.250. The summed E-state index contributed by atoms with van der Waals surface area (Å²) in [5, 5.41) is 4.10. The van der Waals surface area contributed by atoms with Crippen LogP contribution in [0.4, 0.5) is 0 Å². The summed E-state index contributed by atoms with van der Waals surface area (Å²) in [5.74, 6) is 0.0138. The molecule has 2 aromatic rings. The highest BCUT2D eigenvalue weighted by atomic mass is 16.2. The van der Waals surface area contributed by atoms with Gasteiger partial charge in [0.1, 0.15) is 5.69 Å². The number of carbonyl (C=O) groups excluding carboxylic acids is 1.